The Morgan fingerprint density at radius 2 is 1.96 bits per heavy atom. The summed E-state index contributed by atoms with van der Waals surface area (Å²) in [7, 11) is 1.74. The molecule has 1 aliphatic carbocycles. The van der Waals surface area contributed by atoms with Crippen LogP contribution >= 0.6 is 0 Å². The van der Waals surface area contributed by atoms with Crippen molar-refractivity contribution >= 4 is 11.7 Å². The van der Waals surface area contributed by atoms with E-state index in [1.807, 2.05) is 35.2 Å². The number of aryl methyl sites for hydroxylation is 1. The number of anilines is 1. The van der Waals surface area contributed by atoms with Gasteiger partial charge in [0.15, 0.2) is 5.82 Å². The Kier molecular flexibility index (Phi) is 5.43. The molecule has 0 radical (unpaired) electrons. The van der Waals surface area contributed by atoms with Crippen LogP contribution in [0.3, 0.4) is 0 Å². The molecule has 148 valence electrons. The third-order valence-electron chi connectivity index (χ3n) is 5.44. The molecular weight excluding hydrogens is 354 g/mol. The molecule has 4 rings (SSSR count). The van der Waals surface area contributed by atoms with Crippen molar-refractivity contribution in [3.8, 4) is 0 Å². The molecule has 7 nitrogen and oxygen atoms in total. The van der Waals surface area contributed by atoms with Gasteiger partial charge in [-0.2, -0.15) is 0 Å². The molecule has 1 saturated heterocycles. The summed E-state index contributed by atoms with van der Waals surface area (Å²) in [6, 6.07) is 9.88. The molecular formula is C21H27N5O2. The van der Waals surface area contributed by atoms with Crippen LogP contribution in [0.2, 0.25) is 0 Å². The van der Waals surface area contributed by atoms with Gasteiger partial charge in [0.25, 0.3) is 5.56 Å². The normalized spacial score (nSPS) is 20.6. The first kappa shape index (κ1) is 18.7. The molecule has 2 aromatic rings. The number of nitrogens with one attached hydrogen (secondary N) is 2. The zero-order valence-corrected chi connectivity index (χ0v) is 16.2. The SMILES string of the molecule is Cn1ccnc(N2CCC[C@@H](N[C@H](C(=O)NC3CC3)c3ccccc3)C2)c1=O. The second-order valence-electron chi connectivity index (χ2n) is 7.75. The molecule has 2 aliphatic rings. The fourth-order valence-corrected chi connectivity index (χ4v) is 3.72. The van der Waals surface area contributed by atoms with Gasteiger partial charge >= 0.3 is 0 Å². The van der Waals surface area contributed by atoms with Crippen LogP contribution in [0.15, 0.2) is 47.5 Å². The molecule has 1 saturated carbocycles. The highest BCUT2D eigenvalue weighted by Gasteiger charge is 2.31. The summed E-state index contributed by atoms with van der Waals surface area (Å²) in [5, 5.41) is 6.67. The van der Waals surface area contributed by atoms with Crippen molar-refractivity contribution in [3.05, 3.63) is 58.6 Å². The van der Waals surface area contributed by atoms with E-state index < -0.39 is 6.04 Å². The maximum absolute atomic E-state index is 12.9. The standard InChI is InChI=1S/C21H27N5O2/c1-25-13-11-22-19(21(25)28)26-12-5-8-17(14-26)23-18(15-6-3-2-4-7-15)20(27)24-16-9-10-16/h2-4,6-7,11,13,16-18,23H,5,8-10,12,14H2,1H3,(H,24,27)/t17-,18+/m1/s1. The van der Waals surface area contributed by atoms with Gasteiger partial charge in [0.2, 0.25) is 5.91 Å². The monoisotopic (exact) mass is 381 g/mol. The van der Waals surface area contributed by atoms with E-state index >= 15 is 0 Å². The Balaban J connectivity index is 1.50. The van der Waals surface area contributed by atoms with Crippen LogP contribution in [0.25, 0.3) is 0 Å². The predicted octanol–water partition coefficient (Wildman–Crippen LogP) is 1.36. The van der Waals surface area contributed by atoms with Gasteiger partial charge in [0, 0.05) is 44.6 Å². The van der Waals surface area contributed by atoms with Crippen molar-refractivity contribution < 1.29 is 4.79 Å². The lowest BCUT2D eigenvalue weighted by Gasteiger charge is -2.35. The van der Waals surface area contributed by atoms with Crippen LogP contribution in [0, 0.1) is 0 Å². The molecule has 1 aromatic carbocycles. The lowest BCUT2D eigenvalue weighted by atomic mass is 10.0. The number of benzene rings is 1. The van der Waals surface area contributed by atoms with Gasteiger partial charge in [0.1, 0.15) is 6.04 Å². The van der Waals surface area contributed by atoms with E-state index in [4.69, 9.17) is 0 Å². The zero-order valence-electron chi connectivity index (χ0n) is 16.2. The van der Waals surface area contributed by atoms with Crippen LogP contribution in [0.1, 0.15) is 37.3 Å². The average molecular weight is 381 g/mol. The van der Waals surface area contributed by atoms with Gasteiger partial charge in [-0.1, -0.05) is 30.3 Å². The summed E-state index contributed by atoms with van der Waals surface area (Å²) >= 11 is 0. The number of amides is 1. The second-order valence-corrected chi connectivity index (χ2v) is 7.75. The van der Waals surface area contributed by atoms with Gasteiger partial charge in [-0.3, -0.25) is 14.9 Å². The second kappa shape index (κ2) is 8.14. The number of aromatic nitrogens is 2. The molecule has 7 heteroatoms. The molecule has 1 aliphatic heterocycles. The first-order valence-electron chi connectivity index (χ1n) is 10.00. The fraction of sp³-hybridized carbons (Fsp3) is 0.476. The Bertz CT molecular complexity index is 878. The van der Waals surface area contributed by atoms with Crippen LogP contribution in [-0.4, -0.2) is 40.6 Å². The highest BCUT2D eigenvalue weighted by atomic mass is 16.2. The Morgan fingerprint density at radius 1 is 1.18 bits per heavy atom. The minimum Gasteiger partial charge on any atom is -0.352 e. The maximum Gasteiger partial charge on any atom is 0.293 e. The molecule has 1 aromatic heterocycles. The smallest absolute Gasteiger partial charge is 0.293 e. The van der Waals surface area contributed by atoms with Crippen molar-refractivity contribution in [1.29, 1.82) is 0 Å². The molecule has 28 heavy (non-hydrogen) atoms. The molecule has 0 bridgehead atoms. The molecule has 1 amide bonds. The summed E-state index contributed by atoms with van der Waals surface area (Å²) in [5.74, 6) is 0.509. The van der Waals surface area contributed by atoms with Crippen LogP contribution in [-0.2, 0) is 11.8 Å². The number of piperidine rings is 1. The predicted molar refractivity (Wildman–Crippen MR) is 108 cm³/mol. The number of carbonyl (C=O) groups excluding carboxylic acids is 1. The third kappa shape index (κ3) is 4.25. The summed E-state index contributed by atoms with van der Waals surface area (Å²) in [4.78, 5) is 31.6. The number of carbonyl (C=O) groups is 1. The molecule has 2 heterocycles. The van der Waals surface area contributed by atoms with E-state index in [9.17, 15) is 9.59 Å². The first-order chi connectivity index (χ1) is 13.6. The van der Waals surface area contributed by atoms with E-state index in [2.05, 4.69) is 15.6 Å². The van der Waals surface area contributed by atoms with Crippen molar-refractivity contribution in [1.82, 2.24) is 20.2 Å². The van der Waals surface area contributed by atoms with Crippen LogP contribution in [0.4, 0.5) is 5.82 Å². The number of nitrogens with zero attached hydrogens (tertiary/aromatic N) is 3. The highest BCUT2D eigenvalue weighted by molar-refractivity contribution is 5.83. The van der Waals surface area contributed by atoms with Gasteiger partial charge in [-0.25, -0.2) is 4.98 Å². The Labute approximate surface area is 164 Å². The summed E-state index contributed by atoms with van der Waals surface area (Å²) in [6.45, 7) is 1.46. The van der Waals surface area contributed by atoms with Gasteiger partial charge < -0.3 is 14.8 Å². The van der Waals surface area contributed by atoms with Crippen molar-refractivity contribution in [2.24, 2.45) is 7.05 Å². The van der Waals surface area contributed by atoms with E-state index in [0.717, 1.165) is 37.8 Å². The van der Waals surface area contributed by atoms with Gasteiger partial charge in [-0.15, -0.1) is 0 Å². The summed E-state index contributed by atoms with van der Waals surface area (Å²) < 4.78 is 1.55. The Hall–Kier alpha value is -2.67. The zero-order chi connectivity index (χ0) is 19.5. The van der Waals surface area contributed by atoms with Crippen molar-refractivity contribution in [3.63, 3.8) is 0 Å². The van der Waals surface area contributed by atoms with Gasteiger partial charge in [-0.05, 0) is 31.2 Å². The topological polar surface area (TPSA) is 79.3 Å². The third-order valence-corrected chi connectivity index (χ3v) is 5.44. The molecule has 0 unspecified atom stereocenters. The molecule has 2 N–H and O–H groups in total. The number of rotatable bonds is 6. The van der Waals surface area contributed by atoms with E-state index in [-0.39, 0.29) is 17.5 Å². The number of hydrogen-bond donors (Lipinski definition) is 2. The fourth-order valence-electron chi connectivity index (χ4n) is 3.72. The van der Waals surface area contributed by atoms with E-state index in [1.54, 1.807) is 24.0 Å². The summed E-state index contributed by atoms with van der Waals surface area (Å²) in [6.07, 6.45) is 7.36. The van der Waals surface area contributed by atoms with E-state index in [0.29, 0.717) is 18.4 Å². The minimum atomic E-state index is -0.390. The molecule has 2 fully saturated rings. The maximum atomic E-state index is 12.9. The first-order valence-corrected chi connectivity index (χ1v) is 10.00. The van der Waals surface area contributed by atoms with Crippen LogP contribution in [0.5, 0.6) is 0 Å². The van der Waals surface area contributed by atoms with E-state index in [1.165, 1.54) is 0 Å². The highest BCUT2D eigenvalue weighted by Crippen LogP contribution is 2.23. The minimum absolute atomic E-state index is 0.0274. The van der Waals surface area contributed by atoms with Crippen molar-refractivity contribution in [2.75, 3.05) is 18.0 Å². The lowest BCUT2D eigenvalue weighted by molar-refractivity contribution is -0.123. The quantitative estimate of drug-likeness (QED) is 0.790. The van der Waals surface area contributed by atoms with Gasteiger partial charge in [0.05, 0.1) is 0 Å². The largest absolute Gasteiger partial charge is 0.352 e. The Morgan fingerprint density at radius 3 is 2.71 bits per heavy atom. The number of hydrogen-bond acceptors (Lipinski definition) is 5. The van der Waals surface area contributed by atoms with Crippen molar-refractivity contribution in [2.45, 2.75) is 43.8 Å². The van der Waals surface area contributed by atoms with Crippen LogP contribution < -0.4 is 21.1 Å². The average Bonchev–Trinajstić information content (AvgIpc) is 3.53. The summed E-state index contributed by atoms with van der Waals surface area (Å²) in [5.41, 5.74) is 0.876. The molecule has 2 atom stereocenters. The molecule has 0 spiro atoms. The lowest BCUT2D eigenvalue weighted by Crippen LogP contribution is -2.51.